The molecule has 0 aliphatic carbocycles. The van der Waals surface area contributed by atoms with Gasteiger partial charge in [0.05, 0.1) is 12.9 Å². The Morgan fingerprint density at radius 2 is 1.73 bits per heavy atom. The summed E-state index contributed by atoms with van der Waals surface area (Å²) in [6.45, 7) is 25.5. The maximum Gasteiger partial charge on any atom is 0.179 e. The number of ether oxygens (including phenoxy) is 1. The Morgan fingerprint density at radius 3 is 2.38 bits per heavy atom. The molecule has 2 aromatic carbocycles. The largest absolute Gasteiger partial charge is 0.480 e. The quantitative estimate of drug-likeness (QED) is 0.124. The molecule has 0 bridgehead atoms. The van der Waals surface area contributed by atoms with Crippen molar-refractivity contribution in [3.05, 3.63) is 97.3 Å². The summed E-state index contributed by atoms with van der Waals surface area (Å²) >= 11 is 6.00. The molecule has 1 heterocycles. The van der Waals surface area contributed by atoms with Crippen LogP contribution in [0.3, 0.4) is 0 Å². The van der Waals surface area contributed by atoms with Gasteiger partial charge in [-0.25, -0.2) is 9.98 Å². The Balaban J connectivity index is 0.00000191. The second kappa shape index (κ2) is 18.5. The zero-order valence-corrected chi connectivity index (χ0v) is 25.8. The van der Waals surface area contributed by atoms with E-state index in [1.165, 1.54) is 0 Å². The molecule has 3 aromatic rings. The van der Waals surface area contributed by atoms with Crippen LogP contribution < -0.4 is 11.1 Å². The van der Waals surface area contributed by atoms with Crippen LogP contribution in [0.1, 0.15) is 71.2 Å². The molecule has 0 radical (unpaired) electrons. The Morgan fingerprint density at radius 1 is 1.02 bits per heavy atom. The molecular weight excluding hydrogens is 518 g/mol. The van der Waals surface area contributed by atoms with Gasteiger partial charge in [0.2, 0.25) is 0 Å². The third kappa shape index (κ3) is 10.8. The van der Waals surface area contributed by atoms with Crippen LogP contribution in [0.4, 0.5) is 5.82 Å². The Labute approximate surface area is 246 Å². The first-order chi connectivity index (χ1) is 19.3. The monoisotopic (exact) mass is 563 g/mol. The number of hydrogen-bond acceptors (Lipinski definition) is 5. The maximum atomic E-state index is 6.00. The van der Waals surface area contributed by atoms with Gasteiger partial charge < -0.3 is 20.4 Å². The molecule has 0 saturated heterocycles. The summed E-state index contributed by atoms with van der Waals surface area (Å²) in [6, 6.07) is 16.3. The molecule has 40 heavy (non-hydrogen) atoms. The normalized spacial score (nSPS) is 10.4. The number of imidazole rings is 1. The average molecular weight is 564 g/mol. The first-order valence-corrected chi connectivity index (χ1v) is 14.2. The van der Waals surface area contributed by atoms with Crippen LogP contribution in [0.15, 0.2) is 85.5 Å². The van der Waals surface area contributed by atoms with E-state index in [0.717, 1.165) is 58.7 Å². The number of nitrogens with one attached hydrogen (secondary N) is 1. The van der Waals surface area contributed by atoms with E-state index in [1.807, 2.05) is 63.5 Å². The number of rotatable bonds is 13. The summed E-state index contributed by atoms with van der Waals surface area (Å²) in [5, 5.41) is 3.72. The second-order valence-electron chi connectivity index (χ2n) is 8.60. The molecule has 0 aliphatic heterocycles. The predicted octanol–water partition coefficient (Wildman–Crippen LogP) is 8.91. The molecule has 0 atom stereocenters. The number of aromatic nitrogens is 2. The molecular formula is C33H46ClN5O. The molecule has 1 aromatic heterocycles. The number of nitrogens with zero attached hydrogens (tertiary/aromatic N) is 3. The average Bonchev–Trinajstić information content (AvgIpc) is 3.35. The molecule has 3 N–H and O–H groups in total. The third-order valence-electron chi connectivity index (χ3n) is 5.54. The van der Waals surface area contributed by atoms with Crippen molar-refractivity contribution in [2.45, 2.75) is 67.5 Å². The number of nitrogens with two attached hydrogens (primary N) is 1. The molecule has 0 aliphatic rings. The van der Waals surface area contributed by atoms with Gasteiger partial charge in [0.1, 0.15) is 10.9 Å². The van der Waals surface area contributed by atoms with Gasteiger partial charge in [0, 0.05) is 24.4 Å². The van der Waals surface area contributed by atoms with E-state index in [-0.39, 0.29) is 0 Å². The molecule has 0 spiro atoms. The lowest BCUT2D eigenvalue weighted by Gasteiger charge is -2.13. The summed E-state index contributed by atoms with van der Waals surface area (Å²) in [6.07, 6.45) is 3.54. The number of aliphatic imine (C=N–C) groups is 1. The van der Waals surface area contributed by atoms with Gasteiger partial charge in [0.15, 0.2) is 11.7 Å². The zero-order chi connectivity index (χ0) is 30.1. The summed E-state index contributed by atoms with van der Waals surface area (Å²) < 4.78 is 7.78. The van der Waals surface area contributed by atoms with Gasteiger partial charge in [-0.15, -0.1) is 0 Å². The number of unbranched alkanes of at least 4 members (excludes halogenated alkanes) is 1. The molecule has 0 fully saturated rings. The minimum Gasteiger partial charge on any atom is -0.480 e. The van der Waals surface area contributed by atoms with E-state index in [9.17, 15) is 0 Å². The minimum atomic E-state index is 0.463. The van der Waals surface area contributed by atoms with Crippen LogP contribution in [0.25, 0.3) is 22.4 Å². The van der Waals surface area contributed by atoms with Crippen molar-refractivity contribution in [2.24, 2.45) is 10.7 Å². The highest BCUT2D eigenvalue weighted by atomic mass is 35.5. The summed E-state index contributed by atoms with van der Waals surface area (Å²) in [5.41, 5.74) is 12.4. The Bertz CT molecular complexity index is 1270. The smallest absolute Gasteiger partial charge is 0.179 e. The topological polar surface area (TPSA) is 77.5 Å². The fraction of sp³-hybridized carbons (Fsp3) is 0.333. The number of halogens is 1. The molecule has 6 nitrogen and oxygen atoms in total. The van der Waals surface area contributed by atoms with Crippen LogP contribution in [0.2, 0.25) is 0 Å². The van der Waals surface area contributed by atoms with Gasteiger partial charge >= 0.3 is 0 Å². The third-order valence-corrected chi connectivity index (χ3v) is 5.63. The number of allylic oxidation sites excluding steroid dienone is 1. The van der Waals surface area contributed by atoms with Crippen molar-refractivity contribution in [1.29, 1.82) is 0 Å². The first kappa shape index (κ1) is 34.3. The highest BCUT2D eigenvalue weighted by molar-refractivity contribution is 6.65. The van der Waals surface area contributed by atoms with E-state index in [0.29, 0.717) is 29.9 Å². The van der Waals surface area contributed by atoms with E-state index in [1.54, 1.807) is 13.3 Å². The van der Waals surface area contributed by atoms with Crippen molar-refractivity contribution < 1.29 is 4.74 Å². The number of aryl methyl sites for hydroxylation is 1. The van der Waals surface area contributed by atoms with E-state index < -0.39 is 0 Å². The number of benzene rings is 2. The molecule has 0 amide bonds. The molecule has 3 rings (SSSR count). The first-order valence-electron chi connectivity index (χ1n) is 13.9. The predicted molar refractivity (Wildman–Crippen MR) is 175 cm³/mol. The Hall–Kier alpha value is -3.77. The lowest BCUT2D eigenvalue weighted by atomic mass is 9.97. The van der Waals surface area contributed by atoms with Gasteiger partial charge in [-0.1, -0.05) is 94.9 Å². The number of hydrogen-bond donors (Lipinski definition) is 2. The second-order valence-corrected chi connectivity index (χ2v) is 9.15. The summed E-state index contributed by atoms with van der Waals surface area (Å²) in [4.78, 5) is 8.84. The van der Waals surface area contributed by atoms with E-state index in [4.69, 9.17) is 22.1 Å². The van der Waals surface area contributed by atoms with Crippen LogP contribution in [-0.4, -0.2) is 21.3 Å². The van der Waals surface area contributed by atoms with Gasteiger partial charge in [-0.05, 0) is 61.6 Å². The summed E-state index contributed by atoms with van der Waals surface area (Å²) in [5.74, 6) is 1.29. The lowest BCUT2D eigenvalue weighted by molar-refractivity contribution is 0.185. The van der Waals surface area contributed by atoms with Gasteiger partial charge in [-0.2, -0.15) is 0 Å². The van der Waals surface area contributed by atoms with Gasteiger partial charge in [-0.3, -0.25) is 0 Å². The maximum absolute atomic E-state index is 6.00. The fourth-order valence-electron chi connectivity index (χ4n) is 3.80. The highest BCUT2D eigenvalue weighted by Gasteiger charge is 2.11. The summed E-state index contributed by atoms with van der Waals surface area (Å²) in [7, 11) is 0. The van der Waals surface area contributed by atoms with Crippen molar-refractivity contribution in [1.82, 2.24) is 14.9 Å². The van der Waals surface area contributed by atoms with Crippen molar-refractivity contribution in [2.75, 3.05) is 6.61 Å². The molecule has 216 valence electrons. The molecule has 0 saturated carbocycles. The SMILES string of the molecule is C=C(NCc1cccc(-c2ccccc2C(=C)N)c1)OCCCCn1cnc(C(=C)C)c1/N=C(\C)Cl.CC.CC. The van der Waals surface area contributed by atoms with Crippen LogP contribution in [0, 0.1) is 0 Å². The minimum absolute atomic E-state index is 0.463. The van der Waals surface area contributed by atoms with Crippen LogP contribution >= 0.6 is 11.6 Å². The molecule has 0 unspecified atom stereocenters. The van der Waals surface area contributed by atoms with Gasteiger partial charge in [0.25, 0.3) is 0 Å². The lowest BCUT2D eigenvalue weighted by Crippen LogP contribution is -2.15. The fourth-order valence-corrected chi connectivity index (χ4v) is 3.88. The van der Waals surface area contributed by atoms with Crippen LogP contribution in [0.5, 0.6) is 0 Å². The van der Waals surface area contributed by atoms with Crippen molar-refractivity contribution >= 4 is 33.9 Å². The van der Waals surface area contributed by atoms with E-state index >= 15 is 0 Å². The van der Waals surface area contributed by atoms with Crippen molar-refractivity contribution in [3.8, 4) is 11.1 Å². The zero-order valence-electron chi connectivity index (χ0n) is 25.1. The van der Waals surface area contributed by atoms with E-state index in [2.05, 4.69) is 59.3 Å². The highest BCUT2D eigenvalue weighted by Crippen LogP contribution is 2.27. The van der Waals surface area contributed by atoms with Crippen LogP contribution in [-0.2, 0) is 17.8 Å². The standard InChI is InChI=1S/C29H34ClN5O.2C2H6/c1-20(2)28-29(34-22(4)30)35(19-33-28)15-8-9-16-36-23(5)32-18-24-11-10-12-25(17-24)27-14-7-6-13-26(27)21(3)31;2*1-2/h6-7,10-14,17,19,32H,1,3,5,8-9,15-16,18,31H2,2,4H3;2*1-2H3/b34-22+;;. The van der Waals surface area contributed by atoms with Crippen molar-refractivity contribution in [3.63, 3.8) is 0 Å². The molecule has 7 heteroatoms. The Kier molecular flexibility index (Phi) is 15.8.